The van der Waals surface area contributed by atoms with Crippen LogP contribution in [0.4, 0.5) is 5.69 Å². The Balaban J connectivity index is 2.09. The molecule has 0 aliphatic carbocycles. The van der Waals surface area contributed by atoms with E-state index in [2.05, 4.69) is 5.32 Å². The number of nitrogens with zero attached hydrogens (tertiary/aromatic N) is 2. The fraction of sp³-hybridized carbons (Fsp3) is 0.375. The lowest BCUT2D eigenvalue weighted by molar-refractivity contribution is -0.140. The molecule has 0 saturated heterocycles. The summed E-state index contributed by atoms with van der Waals surface area (Å²) in [6.45, 7) is 5.96. The van der Waals surface area contributed by atoms with E-state index < -0.39 is 28.5 Å². The van der Waals surface area contributed by atoms with E-state index in [1.807, 2.05) is 75.4 Å². The lowest BCUT2D eigenvalue weighted by Gasteiger charge is -2.34. The molecule has 0 aromatic heterocycles. The monoisotopic (exact) mass is 595 g/mol. The number of sulfonamides is 1. The number of benzene rings is 3. The molecule has 3 rings (SSSR count). The third-order valence-electron chi connectivity index (χ3n) is 6.73. The molecule has 226 valence electrons. The van der Waals surface area contributed by atoms with Crippen LogP contribution in [-0.2, 0) is 32.6 Å². The fourth-order valence-corrected chi connectivity index (χ4v) is 5.42. The molecule has 1 N–H and O–H groups in total. The van der Waals surface area contributed by atoms with Crippen molar-refractivity contribution in [2.24, 2.45) is 5.92 Å². The van der Waals surface area contributed by atoms with Gasteiger partial charge in [-0.2, -0.15) is 0 Å². The Kier molecular flexibility index (Phi) is 11.4. The summed E-state index contributed by atoms with van der Waals surface area (Å²) < 4.78 is 37.9. The van der Waals surface area contributed by atoms with Crippen LogP contribution in [0.25, 0.3) is 0 Å². The molecule has 9 nitrogen and oxygen atoms in total. The number of hydrogen-bond acceptors (Lipinski definition) is 6. The molecule has 0 saturated carbocycles. The summed E-state index contributed by atoms with van der Waals surface area (Å²) in [5, 5.41) is 2.98. The maximum absolute atomic E-state index is 14.2. The summed E-state index contributed by atoms with van der Waals surface area (Å²) >= 11 is 0. The summed E-state index contributed by atoms with van der Waals surface area (Å²) in [5.41, 5.74) is 2.89. The normalized spacial score (nSPS) is 12.0. The first-order valence-corrected chi connectivity index (χ1v) is 15.6. The third-order valence-corrected chi connectivity index (χ3v) is 7.85. The number of methoxy groups -OCH3 is 2. The van der Waals surface area contributed by atoms with E-state index >= 15 is 0 Å². The van der Waals surface area contributed by atoms with Crippen molar-refractivity contribution in [3.63, 3.8) is 0 Å². The van der Waals surface area contributed by atoms with Gasteiger partial charge in [-0.15, -0.1) is 0 Å². The number of anilines is 1. The third kappa shape index (κ3) is 8.97. The Bertz CT molecular complexity index is 1460. The van der Waals surface area contributed by atoms with Gasteiger partial charge < -0.3 is 19.7 Å². The minimum atomic E-state index is -3.94. The van der Waals surface area contributed by atoms with Crippen LogP contribution in [0.1, 0.15) is 30.5 Å². The summed E-state index contributed by atoms with van der Waals surface area (Å²) in [5.74, 6) is 0.0759. The molecule has 1 unspecified atom stereocenters. The molecule has 1 atom stereocenters. The van der Waals surface area contributed by atoms with Gasteiger partial charge in [-0.3, -0.25) is 13.9 Å². The van der Waals surface area contributed by atoms with Gasteiger partial charge in [0, 0.05) is 25.6 Å². The molecule has 3 aromatic rings. The van der Waals surface area contributed by atoms with Gasteiger partial charge in [0.25, 0.3) is 0 Å². The van der Waals surface area contributed by atoms with Crippen LogP contribution in [0, 0.1) is 12.8 Å². The molecule has 42 heavy (non-hydrogen) atoms. The molecular weight excluding hydrogens is 554 g/mol. The Morgan fingerprint density at radius 3 is 2.19 bits per heavy atom. The Morgan fingerprint density at radius 2 is 1.60 bits per heavy atom. The second-order valence-electron chi connectivity index (χ2n) is 10.7. The molecule has 2 amide bonds. The van der Waals surface area contributed by atoms with Crippen molar-refractivity contribution >= 4 is 27.5 Å². The summed E-state index contributed by atoms with van der Waals surface area (Å²) in [6, 6.07) is 20.9. The molecular formula is C32H41N3O6S. The predicted molar refractivity (Wildman–Crippen MR) is 165 cm³/mol. The van der Waals surface area contributed by atoms with Crippen molar-refractivity contribution in [1.29, 1.82) is 0 Å². The predicted octanol–water partition coefficient (Wildman–Crippen LogP) is 4.19. The van der Waals surface area contributed by atoms with Crippen LogP contribution >= 0.6 is 0 Å². The van der Waals surface area contributed by atoms with E-state index in [0.29, 0.717) is 12.3 Å². The molecule has 0 spiro atoms. The van der Waals surface area contributed by atoms with E-state index in [0.717, 1.165) is 27.3 Å². The smallest absolute Gasteiger partial charge is 0.244 e. The fourth-order valence-electron chi connectivity index (χ4n) is 4.57. The number of hydrogen-bond donors (Lipinski definition) is 1. The minimum absolute atomic E-state index is 0.116. The number of carbonyl (C=O) groups excluding carboxylic acids is 2. The number of amides is 2. The number of ether oxygens (including phenoxy) is 2. The molecule has 3 aromatic carbocycles. The highest BCUT2D eigenvalue weighted by atomic mass is 32.2. The minimum Gasteiger partial charge on any atom is -0.497 e. The number of rotatable bonds is 14. The van der Waals surface area contributed by atoms with Gasteiger partial charge in [0.15, 0.2) is 0 Å². The van der Waals surface area contributed by atoms with Gasteiger partial charge in [0.1, 0.15) is 24.1 Å². The zero-order chi connectivity index (χ0) is 30.9. The first kappa shape index (κ1) is 32.5. The Hall–Kier alpha value is -4.05. The molecule has 0 heterocycles. The largest absolute Gasteiger partial charge is 0.497 e. The quantitative estimate of drug-likeness (QED) is 0.300. The van der Waals surface area contributed by atoms with Gasteiger partial charge in [-0.25, -0.2) is 8.42 Å². The van der Waals surface area contributed by atoms with Gasteiger partial charge in [-0.05, 0) is 36.1 Å². The van der Waals surface area contributed by atoms with Crippen LogP contribution in [0.5, 0.6) is 11.5 Å². The van der Waals surface area contributed by atoms with E-state index in [-0.39, 0.29) is 36.2 Å². The van der Waals surface area contributed by atoms with Crippen molar-refractivity contribution in [3.8, 4) is 11.5 Å². The molecule has 0 bridgehead atoms. The number of carbonyl (C=O) groups is 2. The van der Waals surface area contributed by atoms with E-state index in [9.17, 15) is 18.0 Å². The summed E-state index contributed by atoms with van der Waals surface area (Å²) in [4.78, 5) is 29.4. The molecule has 0 fully saturated rings. The molecule has 0 aliphatic rings. The Morgan fingerprint density at radius 1 is 0.905 bits per heavy atom. The van der Waals surface area contributed by atoms with Crippen molar-refractivity contribution in [2.45, 2.75) is 39.8 Å². The molecule has 0 aliphatic heterocycles. The maximum atomic E-state index is 14.2. The van der Waals surface area contributed by atoms with E-state index in [4.69, 9.17) is 9.47 Å². The lowest BCUT2D eigenvalue weighted by Crippen LogP contribution is -2.53. The van der Waals surface area contributed by atoms with Crippen LogP contribution in [0.2, 0.25) is 0 Å². The van der Waals surface area contributed by atoms with Gasteiger partial charge in [0.2, 0.25) is 21.8 Å². The highest BCUT2D eigenvalue weighted by molar-refractivity contribution is 7.92. The lowest BCUT2D eigenvalue weighted by atomic mass is 10.0. The zero-order valence-electron chi connectivity index (χ0n) is 25.2. The number of nitrogens with one attached hydrogen (secondary N) is 1. The van der Waals surface area contributed by atoms with E-state index in [1.165, 1.54) is 25.2 Å². The van der Waals surface area contributed by atoms with Crippen LogP contribution in [0.3, 0.4) is 0 Å². The van der Waals surface area contributed by atoms with Crippen LogP contribution in [-0.4, -0.2) is 64.7 Å². The Labute approximate surface area is 249 Å². The van der Waals surface area contributed by atoms with Crippen molar-refractivity contribution in [1.82, 2.24) is 10.2 Å². The van der Waals surface area contributed by atoms with Gasteiger partial charge >= 0.3 is 0 Å². The maximum Gasteiger partial charge on any atom is 0.244 e. The topological polar surface area (TPSA) is 105 Å². The van der Waals surface area contributed by atoms with Crippen molar-refractivity contribution in [2.75, 3.05) is 37.9 Å². The second kappa shape index (κ2) is 14.7. The molecule has 10 heteroatoms. The number of aryl methyl sites for hydroxylation is 1. The van der Waals surface area contributed by atoms with Crippen molar-refractivity contribution < 1.29 is 27.5 Å². The van der Waals surface area contributed by atoms with Crippen LogP contribution < -0.4 is 19.1 Å². The SMILES string of the molecule is COc1ccc(N(CC(=O)N(Cc2cccc(C)c2)C(Cc2ccccc2)C(=O)NCC(C)C)S(C)(=O)=O)c(OC)c1. The zero-order valence-corrected chi connectivity index (χ0v) is 26.0. The summed E-state index contributed by atoms with van der Waals surface area (Å²) in [7, 11) is -1.03. The average molecular weight is 596 g/mol. The highest BCUT2D eigenvalue weighted by Gasteiger charge is 2.33. The second-order valence-corrected chi connectivity index (χ2v) is 12.6. The van der Waals surface area contributed by atoms with E-state index in [1.54, 1.807) is 12.1 Å². The first-order chi connectivity index (χ1) is 19.9. The average Bonchev–Trinajstić information content (AvgIpc) is 2.96. The van der Waals surface area contributed by atoms with Crippen LogP contribution in [0.15, 0.2) is 72.8 Å². The van der Waals surface area contributed by atoms with Gasteiger partial charge in [0.05, 0.1) is 26.2 Å². The molecule has 0 radical (unpaired) electrons. The van der Waals surface area contributed by atoms with Crippen molar-refractivity contribution in [3.05, 3.63) is 89.5 Å². The standard InChI is InChI=1S/C32H41N3O6S/c1-23(2)20-33-32(37)29(18-25-12-8-7-9-13-25)34(21-26-14-10-11-24(3)17-26)31(36)22-35(42(6,38)39)28-16-15-27(40-4)19-30(28)41-5/h7-17,19,23,29H,18,20-22H2,1-6H3,(H,33,37). The first-order valence-electron chi connectivity index (χ1n) is 13.8. The highest BCUT2D eigenvalue weighted by Crippen LogP contribution is 2.33. The summed E-state index contributed by atoms with van der Waals surface area (Å²) in [6.07, 6.45) is 1.29. The van der Waals surface area contributed by atoms with Gasteiger partial charge in [-0.1, -0.05) is 74.0 Å².